The van der Waals surface area contributed by atoms with Gasteiger partial charge in [-0.15, -0.1) is 0 Å². The van der Waals surface area contributed by atoms with Gasteiger partial charge in [0.1, 0.15) is 5.82 Å². The number of pyridine rings is 1. The quantitative estimate of drug-likeness (QED) is 0.767. The van der Waals surface area contributed by atoms with Gasteiger partial charge < -0.3 is 4.98 Å². The molecule has 0 aliphatic carbocycles. The minimum absolute atomic E-state index is 0.413. The molecule has 3 rings (SSSR count). The summed E-state index contributed by atoms with van der Waals surface area (Å²) in [4.78, 5) is 12.5. The molecule has 0 fully saturated rings. The molecule has 1 atom stereocenters. The molecule has 1 unspecified atom stereocenters. The first kappa shape index (κ1) is 13.8. The minimum atomic E-state index is 0.413. The summed E-state index contributed by atoms with van der Waals surface area (Å²) >= 11 is 0. The largest absolute Gasteiger partial charge is 0.342 e. The van der Waals surface area contributed by atoms with Gasteiger partial charge in [-0.05, 0) is 36.2 Å². The third kappa shape index (κ3) is 2.97. The van der Waals surface area contributed by atoms with Crippen LogP contribution < -0.4 is 0 Å². The fraction of sp³-hybridized carbons (Fsp3) is 0.333. The van der Waals surface area contributed by atoms with Crippen molar-refractivity contribution in [2.45, 2.75) is 39.0 Å². The van der Waals surface area contributed by atoms with E-state index in [9.17, 15) is 0 Å². The highest BCUT2D eigenvalue weighted by Crippen LogP contribution is 2.22. The van der Waals surface area contributed by atoms with Crippen molar-refractivity contribution >= 4 is 11.0 Å². The first-order valence-electron chi connectivity index (χ1n) is 7.53. The lowest BCUT2D eigenvalue weighted by Crippen LogP contribution is -2.00. The van der Waals surface area contributed by atoms with Crippen molar-refractivity contribution < 1.29 is 0 Å². The summed E-state index contributed by atoms with van der Waals surface area (Å²) in [6.45, 7) is 6.53. The normalized spacial score (nSPS) is 13.0. The fourth-order valence-corrected chi connectivity index (χ4v) is 2.60. The lowest BCUT2D eigenvalue weighted by Gasteiger charge is -2.10. The van der Waals surface area contributed by atoms with Gasteiger partial charge in [-0.2, -0.15) is 0 Å². The monoisotopic (exact) mass is 279 g/mol. The van der Waals surface area contributed by atoms with E-state index in [0.717, 1.165) is 29.0 Å². The highest BCUT2D eigenvalue weighted by Gasteiger charge is 2.10. The van der Waals surface area contributed by atoms with Crippen molar-refractivity contribution in [3.63, 3.8) is 0 Å². The fourth-order valence-electron chi connectivity index (χ4n) is 2.60. The lowest BCUT2D eigenvalue weighted by atomic mass is 9.97. The molecule has 0 amide bonds. The summed E-state index contributed by atoms with van der Waals surface area (Å²) in [5, 5.41) is 0. The Morgan fingerprint density at radius 2 is 1.95 bits per heavy atom. The molecule has 0 bridgehead atoms. The summed E-state index contributed by atoms with van der Waals surface area (Å²) in [6, 6.07) is 12.6. The summed E-state index contributed by atoms with van der Waals surface area (Å²) < 4.78 is 0. The van der Waals surface area contributed by atoms with Crippen LogP contribution in [0.25, 0.3) is 11.0 Å². The smallest absolute Gasteiger partial charge is 0.109 e. The average molecular weight is 279 g/mol. The SMILES string of the molecule is CC(C)c1nc2ccc(CC(C)c3ccccn3)cc2[nH]1. The molecule has 21 heavy (non-hydrogen) atoms. The van der Waals surface area contributed by atoms with E-state index >= 15 is 0 Å². The van der Waals surface area contributed by atoms with Gasteiger partial charge in [0.05, 0.1) is 11.0 Å². The average Bonchev–Trinajstić information content (AvgIpc) is 2.91. The molecule has 0 aliphatic heterocycles. The van der Waals surface area contributed by atoms with Crippen LogP contribution in [0.15, 0.2) is 42.6 Å². The zero-order valence-electron chi connectivity index (χ0n) is 12.8. The van der Waals surface area contributed by atoms with Gasteiger partial charge in [-0.25, -0.2) is 4.98 Å². The number of rotatable bonds is 4. The first-order chi connectivity index (χ1) is 10.1. The summed E-state index contributed by atoms with van der Waals surface area (Å²) in [5.41, 5.74) is 4.64. The second-order valence-corrected chi connectivity index (χ2v) is 5.99. The molecule has 2 aromatic heterocycles. The Morgan fingerprint density at radius 3 is 2.67 bits per heavy atom. The Balaban J connectivity index is 1.84. The van der Waals surface area contributed by atoms with Crippen molar-refractivity contribution in [3.8, 4) is 0 Å². The maximum atomic E-state index is 4.62. The molecule has 0 radical (unpaired) electrons. The van der Waals surface area contributed by atoms with Crippen LogP contribution in [0.5, 0.6) is 0 Å². The number of nitrogens with zero attached hydrogens (tertiary/aromatic N) is 2. The maximum Gasteiger partial charge on any atom is 0.109 e. The molecule has 3 nitrogen and oxygen atoms in total. The number of hydrogen-bond donors (Lipinski definition) is 1. The van der Waals surface area contributed by atoms with E-state index < -0.39 is 0 Å². The van der Waals surface area contributed by atoms with Crippen LogP contribution in [0.4, 0.5) is 0 Å². The Bertz CT molecular complexity index is 729. The first-order valence-corrected chi connectivity index (χ1v) is 7.53. The zero-order valence-corrected chi connectivity index (χ0v) is 12.8. The molecule has 0 saturated carbocycles. The molecule has 3 aromatic rings. The maximum absolute atomic E-state index is 4.62. The Hall–Kier alpha value is -2.16. The van der Waals surface area contributed by atoms with Gasteiger partial charge >= 0.3 is 0 Å². The molecule has 0 saturated heterocycles. The van der Waals surface area contributed by atoms with Crippen LogP contribution in [0, 0.1) is 0 Å². The van der Waals surface area contributed by atoms with Crippen molar-refractivity contribution in [2.75, 3.05) is 0 Å². The standard InChI is InChI=1S/C18H21N3/c1-12(2)18-20-16-8-7-14(11-17(16)21-18)10-13(3)15-6-4-5-9-19-15/h4-9,11-13H,10H2,1-3H3,(H,20,21). The molecule has 0 aliphatic rings. The lowest BCUT2D eigenvalue weighted by molar-refractivity contribution is 0.731. The van der Waals surface area contributed by atoms with Crippen molar-refractivity contribution in [1.82, 2.24) is 15.0 Å². The molecule has 108 valence electrons. The number of H-pyrrole nitrogens is 1. The van der Waals surface area contributed by atoms with Gasteiger partial charge in [0.15, 0.2) is 0 Å². The highest BCUT2D eigenvalue weighted by molar-refractivity contribution is 5.76. The number of aromatic amines is 1. The molecular formula is C18H21N3. The number of hydrogen-bond acceptors (Lipinski definition) is 2. The number of fused-ring (bicyclic) bond motifs is 1. The van der Waals surface area contributed by atoms with E-state index in [1.807, 2.05) is 18.3 Å². The van der Waals surface area contributed by atoms with Crippen molar-refractivity contribution in [3.05, 3.63) is 59.7 Å². The van der Waals surface area contributed by atoms with Crippen LogP contribution in [0.2, 0.25) is 0 Å². The Labute approximate surface area is 125 Å². The van der Waals surface area contributed by atoms with Crippen LogP contribution in [0.1, 0.15) is 49.7 Å². The van der Waals surface area contributed by atoms with Crippen LogP contribution in [-0.4, -0.2) is 15.0 Å². The van der Waals surface area contributed by atoms with Gasteiger partial charge in [0, 0.05) is 23.7 Å². The Kier molecular flexibility index (Phi) is 3.74. The van der Waals surface area contributed by atoms with Gasteiger partial charge in [-0.1, -0.05) is 32.9 Å². The van der Waals surface area contributed by atoms with Gasteiger partial charge in [0.25, 0.3) is 0 Å². The van der Waals surface area contributed by atoms with Crippen LogP contribution in [-0.2, 0) is 6.42 Å². The van der Waals surface area contributed by atoms with Gasteiger partial charge in [0.2, 0.25) is 0 Å². The van der Waals surface area contributed by atoms with E-state index in [0.29, 0.717) is 11.8 Å². The summed E-state index contributed by atoms with van der Waals surface area (Å²) in [5.74, 6) is 1.89. The van der Waals surface area contributed by atoms with E-state index in [1.165, 1.54) is 5.56 Å². The number of nitrogens with one attached hydrogen (secondary N) is 1. The molecule has 1 N–H and O–H groups in total. The Morgan fingerprint density at radius 1 is 1.10 bits per heavy atom. The number of imidazole rings is 1. The van der Waals surface area contributed by atoms with E-state index in [-0.39, 0.29) is 0 Å². The summed E-state index contributed by atoms with van der Waals surface area (Å²) in [7, 11) is 0. The molecule has 1 aromatic carbocycles. The predicted molar refractivity (Wildman–Crippen MR) is 86.5 cm³/mol. The third-order valence-electron chi connectivity index (χ3n) is 3.85. The molecule has 2 heterocycles. The molecular weight excluding hydrogens is 258 g/mol. The number of benzene rings is 1. The summed E-state index contributed by atoms with van der Waals surface area (Å²) in [6.07, 6.45) is 2.85. The van der Waals surface area contributed by atoms with E-state index in [4.69, 9.17) is 0 Å². The predicted octanol–water partition coefficient (Wildman–Crippen LogP) is 4.43. The van der Waals surface area contributed by atoms with Crippen molar-refractivity contribution in [2.24, 2.45) is 0 Å². The molecule has 3 heteroatoms. The van der Waals surface area contributed by atoms with E-state index in [1.54, 1.807) is 0 Å². The van der Waals surface area contributed by atoms with E-state index in [2.05, 4.69) is 60.0 Å². The second kappa shape index (κ2) is 5.68. The van der Waals surface area contributed by atoms with Gasteiger partial charge in [-0.3, -0.25) is 4.98 Å². The van der Waals surface area contributed by atoms with Crippen LogP contribution in [0.3, 0.4) is 0 Å². The van der Waals surface area contributed by atoms with Crippen LogP contribution >= 0.6 is 0 Å². The van der Waals surface area contributed by atoms with Crippen molar-refractivity contribution in [1.29, 1.82) is 0 Å². The zero-order chi connectivity index (χ0) is 14.8. The molecule has 0 spiro atoms. The minimum Gasteiger partial charge on any atom is -0.342 e. The highest BCUT2D eigenvalue weighted by atomic mass is 14.9. The second-order valence-electron chi connectivity index (χ2n) is 5.99. The number of aromatic nitrogens is 3. The topological polar surface area (TPSA) is 41.6 Å². The third-order valence-corrected chi connectivity index (χ3v) is 3.85.